The molecule has 4 heteroatoms. The van der Waals surface area contributed by atoms with Crippen molar-refractivity contribution in [1.29, 1.82) is 0 Å². The first-order chi connectivity index (χ1) is 10.9. The van der Waals surface area contributed by atoms with Crippen molar-refractivity contribution in [3.05, 3.63) is 35.4 Å². The first-order valence-electron chi connectivity index (χ1n) is 8.50. The Hall–Kier alpha value is -1.39. The van der Waals surface area contributed by atoms with Gasteiger partial charge in [-0.05, 0) is 37.6 Å². The molecule has 4 nitrogen and oxygen atoms in total. The zero-order valence-corrected chi connectivity index (χ0v) is 14.7. The van der Waals surface area contributed by atoms with Gasteiger partial charge in [0.15, 0.2) is 0 Å². The summed E-state index contributed by atoms with van der Waals surface area (Å²) in [5.41, 5.74) is 1.52. The fourth-order valence-corrected chi connectivity index (χ4v) is 3.47. The predicted molar refractivity (Wildman–Crippen MR) is 91.7 cm³/mol. The van der Waals surface area contributed by atoms with Crippen LogP contribution >= 0.6 is 0 Å². The molecule has 1 saturated carbocycles. The molecule has 128 valence electrons. The van der Waals surface area contributed by atoms with Crippen LogP contribution in [0.1, 0.15) is 56.0 Å². The highest BCUT2D eigenvalue weighted by molar-refractivity contribution is 5.87. The quantitative estimate of drug-likeness (QED) is 0.740. The monoisotopic (exact) mass is 319 g/mol. The van der Waals surface area contributed by atoms with E-state index in [0.717, 1.165) is 38.0 Å². The van der Waals surface area contributed by atoms with Crippen molar-refractivity contribution < 1.29 is 14.6 Å². The van der Waals surface area contributed by atoms with Gasteiger partial charge < -0.3 is 9.84 Å². The molecule has 1 aliphatic rings. The third-order valence-electron chi connectivity index (χ3n) is 5.08. The normalized spacial score (nSPS) is 22.8. The second-order valence-corrected chi connectivity index (χ2v) is 7.21. The van der Waals surface area contributed by atoms with E-state index in [-0.39, 0.29) is 5.41 Å². The lowest BCUT2D eigenvalue weighted by Gasteiger charge is -2.55. The summed E-state index contributed by atoms with van der Waals surface area (Å²) in [7, 11) is 2.11. The molecule has 0 heterocycles. The second-order valence-electron chi connectivity index (χ2n) is 7.21. The molecular weight excluding hydrogens is 290 g/mol. The van der Waals surface area contributed by atoms with Gasteiger partial charge in [-0.1, -0.05) is 39.3 Å². The summed E-state index contributed by atoms with van der Waals surface area (Å²) in [4.78, 5) is 13.4. The molecule has 0 bridgehead atoms. The summed E-state index contributed by atoms with van der Waals surface area (Å²) < 4.78 is 6.01. The molecule has 0 aliphatic heterocycles. The highest BCUT2D eigenvalue weighted by atomic mass is 16.5. The molecule has 1 aliphatic carbocycles. The molecule has 2 unspecified atom stereocenters. The zero-order valence-electron chi connectivity index (χ0n) is 14.7. The van der Waals surface area contributed by atoms with E-state index in [4.69, 9.17) is 9.84 Å². The van der Waals surface area contributed by atoms with Gasteiger partial charge in [0.05, 0.1) is 11.7 Å². The van der Waals surface area contributed by atoms with Crippen molar-refractivity contribution in [2.45, 2.75) is 58.7 Å². The van der Waals surface area contributed by atoms with E-state index in [1.807, 2.05) is 12.1 Å². The first kappa shape index (κ1) is 18.0. The van der Waals surface area contributed by atoms with Gasteiger partial charge in [0.25, 0.3) is 0 Å². The Morgan fingerprint density at radius 3 is 2.78 bits per heavy atom. The van der Waals surface area contributed by atoms with Gasteiger partial charge in [0.2, 0.25) is 0 Å². The smallest absolute Gasteiger partial charge is 0.335 e. The summed E-state index contributed by atoms with van der Waals surface area (Å²) in [5.74, 6) is -0.872. The van der Waals surface area contributed by atoms with E-state index < -0.39 is 5.97 Å². The van der Waals surface area contributed by atoms with Crippen molar-refractivity contribution in [3.8, 4) is 0 Å². The number of carbonyl (C=O) groups is 1. The minimum atomic E-state index is -0.872. The van der Waals surface area contributed by atoms with Crippen molar-refractivity contribution in [1.82, 2.24) is 4.90 Å². The van der Waals surface area contributed by atoms with Crippen LogP contribution in [0.5, 0.6) is 0 Å². The number of hydrogen-bond donors (Lipinski definition) is 1. The number of nitrogens with zero attached hydrogens (tertiary/aromatic N) is 1. The molecule has 0 saturated heterocycles. The molecule has 2 rings (SSSR count). The van der Waals surface area contributed by atoms with Crippen LogP contribution in [0.4, 0.5) is 0 Å². The Morgan fingerprint density at radius 2 is 2.17 bits per heavy atom. The molecule has 1 aromatic rings. The fourth-order valence-electron chi connectivity index (χ4n) is 3.47. The third kappa shape index (κ3) is 4.12. The predicted octanol–water partition coefficient (Wildman–Crippen LogP) is 3.80. The van der Waals surface area contributed by atoms with Crippen LogP contribution in [0.2, 0.25) is 0 Å². The first-order valence-corrected chi connectivity index (χ1v) is 8.50. The van der Waals surface area contributed by atoms with Crippen molar-refractivity contribution >= 4 is 5.97 Å². The number of ether oxygens (including phenoxy) is 1. The van der Waals surface area contributed by atoms with E-state index in [1.165, 1.54) is 0 Å². The summed E-state index contributed by atoms with van der Waals surface area (Å²) in [5, 5.41) is 9.10. The van der Waals surface area contributed by atoms with Crippen LogP contribution in [0, 0.1) is 5.41 Å². The topological polar surface area (TPSA) is 49.8 Å². The van der Waals surface area contributed by atoms with Crippen molar-refractivity contribution in [2.75, 3.05) is 13.7 Å². The highest BCUT2D eigenvalue weighted by Crippen LogP contribution is 2.45. The largest absolute Gasteiger partial charge is 0.478 e. The lowest BCUT2D eigenvalue weighted by atomic mass is 9.63. The van der Waals surface area contributed by atoms with Crippen LogP contribution in [-0.4, -0.2) is 41.8 Å². The average molecular weight is 319 g/mol. The lowest BCUT2D eigenvalue weighted by molar-refractivity contribution is -0.149. The van der Waals surface area contributed by atoms with Crippen molar-refractivity contribution in [3.63, 3.8) is 0 Å². The van der Waals surface area contributed by atoms with Gasteiger partial charge in [0.1, 0.15) is 0 Å². The van der Waals surface area contributed by atoms with Gasteiger partial charge in [-0.2, -0.15) is 0 Å². The Balaban J connectivity index is 1.93. The summed E-state index contributed by atoms with van der Waals surface area (Å²) in [6.07, 6.45) is 3.66. The molecule has 1 N–H and O–H groups in total. The maximum Gasteiger partial charge on any atom is 0.335 e. The van der Waals surface area contributed by atoms with E-state index in [0.29, 0.717) is 17.7 Å². The standard InChI is InChI=1S/C19H29NO3/c1-5-6-10-23-17-12-16(19(17,2)3)20(4)13-14-8-7-9-15(11-14)18(21)22/h7-9,11,16-17H,5-6,10,12-13H2,1-4H3,(H,21,22). The Morgan fingerprint density at radius 1 is 1.43 bits per heavy atom. The Kier molecular flexibility index (Phi) is 5.82. The van der Waals surface area contributed by atoms with Crippen LogP contribution < -0.4 is 0 Å². The number of aromatic carboxylic acids is 1. The average Bonchev–Trinajstić information content (AvgIpc) is 2.50. The summed E-state index contributed by atoms with van der Waals surface area (Å²) >= 11 is 0. The summed E-state index contributed by atoms with van der Waals surface area (Å²) in [6, 6.07) is 7.66. The van der Waals surface area contributed by atoms with Gasteiger partial charge in [-0.25, -0.2) is 4.79 Å². The summed E-state index contributed by atoms with van der Waals surface area (Å²) in [6.45, 7) is 8.32. The Bertz CT molecular complexity index is 541. The van der Waals surface area contributed by atoms with Gasteiger partial charge in [0, 0.05) is 24.6 Å². The van der Waals surface area contributed by atoms with E-state index in [2.05, 4.69) is 32.7 Å². The lowest BCUT2D eigenvalue weighted by Crippen LogP contribution is -2.61. The van der Waals surface area contributed by atoms with E-state index in [9.17, 15) is 4.79 Å². The molecule has 0 amide bonds. The number of carboxylic acids is 1. The third-order valence-corrected chi connectivity index (χ3v) is 5.08. The molecule has 1 aromatic carbocycles. The van der Waals surface area contributed by atoms with Crippen LogP contribution in [0.15, 0.2) is 24.3 Å². The fraction of sp³-hybridized carbons (Fsp3) is 0.632. The molecule has 0 spiro atoms. The SMILES string of the molecule is CCCCOC1CC(N(C)Cc2cccc(C(=O)O)c2)C1(C)C. The maximum atomic E-state index is 11.1. The number of carboxylic acid groups (broad SMARTS) is 1. The van der Waals surface area contributed by atoms with E-state index >= 15 is 0 Å². The molecule has 1 fully saturated rings. The zero-order chi connectivity index (χ0) is 17.0. The highest BCUT2D eigenvalue weighted by Gasteiger charge is 2.50. The second kappa shape index (κ2) is 7.45. The van der Waals surface area contributed by atoms with Crippen LogP contribution in [0.25, 0.3) is 0 Å². The van der Waals surface area contributed by atoms with Gasteiger partial charge >= 0.3 is 5.97 Å². The molecule has 23 heavy (non-hydrogen) atoms. The molecule has 0 aromatic heterocycles. The number of benzene rings is 1. The van der Waals surface area contributed by atoms with E-state index in [1.54, 1.807) is 12.1 Å². The Labute approximate surface area is 139 Å². The number of unbranched alkanes of at least 4 members (excludes halogenated alkanes) is 1. The van der Waals surface area contributed by atoms with Crippen molar-refractivity contribution in [2.24, 2.45) is 5.41 Å². The van der Waals surface area contributed by atoms with Gasteiger partial charge in [-0.3, -0.25) is 4.90 Å². The van der Waals surface area contributed by atoms with Crippen LogP contribution in [-0.2, 0) is 11.3 Å². The van der Waals surface area contributed by atoms with Gasteiger partial charge in [-0.15, -0.1) is 0 Å². The maximum absolute atomic E-state index is 11.1. The van der Waals surface area contributed by atoms with Crippen LogP contribution in [0.3, 0.4) is 0 Å². The molecule has 0 radical (unpaired) electrons. The minimum Gasteiger partial charge on any atom is -0.478 e. The minimum absolute atomic E-state index is 0.132. The molecular formula is C19H29NO3. The molecule has 2 atom stereocenters. The number of hydrogen-bond acceptors (Lipinski definition) is 3. The number of rotatable bonds is 8.